The summed E-state index contributed by atoms with van der Waals surface area (Å²) in [4.78, 5) is 25.0. The van der Waals surface area contributed by atoms with E-state index >= 15 is 0 Å². The number of carbonyl (C=O) groups is 2. The van der Waals surface area contributed by atoms with Gasteiger partial charge in [0.15, 0.2) is 0 Å². The number of aromatic hydroxyl groups is 1. The Bertz CT molecular complexity index is 449. The lowest BCUT2D eigenvalue weighted by molar-refractivity contribution is -0.140. The first kappa shape index (κ1) is 11.6. The number of amides is 2. The molecule has 2 amide bonds. The zero-order chi connectivity index (χ0) is 12.6. The van der Waals surface area contributed by atoms with Crippen LogP contribution in [0.4, 0.5) is 0 Å². The minimum Gasteiger partial charge on any atom is -0.508 e. The van der Waals surface area contributed by atoms with Gasteiger partial charge in [0, 0.05) is 17.4 Å². The molecule has 0 aliphatic carbocycles. The van der Waals surface area contributed by atoms with E-state index < -0.39 is 0 Å². The molecule has 1 aromatic carbocycles. The van der Waals surface area contributed by atoms with Crippen molar-refractivity contribution in [2.45, 2.75) is 20.4 Å². The molecule has 1 aliphatic heterocycles. The highest BCUT2D eigenvalue weighted by molar-refractivity contribution is 6.04. The molecule has 90 valence electrons. The highest BCUT2D eigenvalue weighted by Gasteiger charge is 2.42. The van der Waals surface area contributed by atoms with Crippen molar-refractivity contribution >= 4 is 11.8 Å². The van der Waals surface area contributed by atoms with E-state index in [1.54, 1.807) is 38.1 Å². The standard InChI is InChI=1S/C13H15NO3/c1-8-9(2)13(17)14(12(8)16)7-10-5-3-4-6-11(10)15/h3-6,8-9,15H,7H2,1-2H3. The number of carbonyl (C=O) groups excluding carboxylic acids is 2. The Hall–Kier alpha value is -1.84. The van der Waals surface area contributed by atoms with Gasteiger partial charge in [-0.25, -0.2) is 0 Å². The SMILES string of the molecule is CC1C(=O)N(Cc2ccccc2O)C(=O)C1C. The van der Waals surface area contributed by atoms with Crippen molar-refractivity contribution in [2.75, 3.05) is 0 Å². The van der Waals surface area contributed by atoms with Gasteiger partial charge in [0.05, 0.1) is 6.54 Å². The monoisotopic (exact) mass is 233 g/mol. The predicted molar refractivity (Wildman–Crippen MR) is 62.0 cm³/mol. The van der Waals surface area contributed by atoms with Gasteiger partial charge in [-0.1, -0.05) is 32.0 Å². The number of likely N-dealkylation sites (tertiary alicyclic amines) is 1. The molecule has 1 aliphatic rings. The molecule has 1 N–H and O–H groups in total. The van der Waals surface area contributed by atoms with Crippen LogP contribution in [-0.2, 0) is 16.1 Å². The first-order valence-corrected chi connectivity index (χ1v) is 5.64. The molecule has 0 aromatic heterocycles. The number of nitrogens with zero attached hydrogens (tertiary/aromatic N) is 1. The average Bonchev–Trinajstić information content (AvgIpc) is 2.50. The van der Waals surface area contributed by atoms with E-state index in [2.05, 4.69) is 0 Å². The summed E-state index contributed by atoms with van der Waals surface area (Å²) in [6, 6.07) is 6.74. The molecule has 0 spiro atoms. The minimum atomic E-state index is -0.270. The molecule has 1 heterocycles. The van der Waals surface area contributed by atoms with Crippen molar-refractivity contribution in [2.24, 2.45) is 11.8 Å². The summed E-state index contributed by atoms with van der Waals surface area (Å²) in [7, 11) is 0. The van der Waals surface area contributed by atoms with E-state index in [-0.39, 0.29) is 35.9 Å². The van der Waals surface area contributed by atoms with E-state index in [4.69, 9.17) is 0 Å². The number of benzene rings is 1. The highest BCUT2D eigenvalue weighted by atomic mass is 16.3. The van der Waals surface area contributed by atoms with Crippen LogP contribution in [0.2, 0.25) is 0 Å². The van der Waals surface area contributed by atoms with Crippen LogP contribution in [0.3, 0.4) is 0 Å². The number of hydrogen-bond acceptors (Lipinski definition) is 3. The normalized spacial score (nSPS) is 24.5. The van der Waals surface area contributed by atoms with Gasteiger partial charge in [0.25, 0.3) is 0 Å². The van der Waals surface area contributed by atoms with Crippen molar-refractivity contribution in [3.63, 3.8) is 0 Å². The first-order chi connectivity index (χ1) is 8.02. The third-order valence-corrected chi connectivity index (χ3v) is 3.38. The number of phenolic OH excluding ortho intramolecular Hbond substituents is 1. The molecule has 0 bridgehead atoms. The second-order valence-corrected chi connectivity index (χ2v) is 4.47. The highest BCUT2D eigenvalue weighted by Crippen LogP contribution is 2.28. The van der Waals surface area contributed by atoms with Crippen molar-refractivity contribution in [3.8, 4) is 5.75 Å². The third kappa shape index (κ3) is 1.90. The maximum atomic E-state index is 11.9. The van der Waals surface area contributed by atoms with Gasteiger partial charge in [0.2, 0.25) is 11.8 Å². The zero-order valence-corrected chi connectivity index (χ0v) is 9.88. The van der Waals surface area contributed by atoms with E-state index in [9.17, 15) is 14.7 Å². The van der Waals surface area contributed by atoms with Gasteiger partial charge >= 0.3 is 0 Å². The molecular weight excluding hydrogens is 218 g/mol. The van der Waals surface area contributed by atoms with E-state index in [1.807, 2.05) is 0 Å². The topological polar surface area (TPSA) is 57.6 Å². The molecule has 1 fully saturated rings. The first-order valence-electron chi connectivity index (χ1n) is 5.64. The lowest BCUT2D eigenvalue weighted by Gasteiger charge is -2.15. The van der Waals surface area contributed by atoms with E-state index in [0.717, 1.165) is 0 Å². The Labute approximate surface area is 99.9 Å². The van der Waals surface area contributed by atoms with Gasteiger partial charge in [-0.3, -0.25) is 14.5 Å². The summed E-state index contributed by atoms with van der Waals surface area (Å²) in [6.07, 6.45) is 0. The lowest BCUT2D eigenvalue weighted by Crippen LogP contribution is -2.30. The van der Waals surface area contributed by atoms with Crippen molar-refractivity contribution in [3.05, 3.63) is 29.8 Å². The van der Waals surface area contributed by atoms with E-state index in [0.29, 0.717) is 5.56 Å². The summed E-state index contributed by atoms with van der Waals surface area (Å²) in [5.74, 6) is -0.751. The number of imide groups is 1. The largest absolute Gasteiger partial charge is 0.508 e. The molecule has 1 aromatic rings. The smallest absolute Gasteiger partial charge is 0.233 e. The Balaban J connectivity index is 2.23. The fourth-order valence-corrected chi connectivity index (χ4v) is 2.00. The number of phenols is 1. The Morgan fingerprint density at radius 3 is 2.18 bits per heavy atom. The molecule has 2 atom stereocenters. The average molecular weight is 233 g/mol. The number of para-hydroxylation sites is 1. The molecule has 0 radical (unpaired) electrons. The quantitative estimate of drug-likeness (QED) is 0.788. The minimum absolute atomic E-state index is 0.111. The molecule has 4 nitrogen and oxygen atoms in total. The van der Waals surface area contributed by atoms with E-state index in [1.165, 1.54) is 4.90 Å². The summed E-state index contributed by atoms with van der Waals surface area (Å²) in [6.45, 7) is 3.67. The van der Waals surface area contributed by atoms with Crippen LogP contribution in [-0.4, -0.2) is 21.8 Å². The maximum Gasteiger partial charge on any atom is 0.233 e. The Morgan fingerprint density at radius 1 is 1.12 bits per heavy atom. The zero-order valence-electron chi connectivity index (χ0n) is 9.88. The van der Waals surface area contributed by atoms with Gasteiger partial charge < -0.3 is 5.11 Å². The maximum absolute atomic E-state index is 11.9. The Morgan fingerprint density at radius 2 is 1.65 bits per heavy atom. The van der Waals surface area contributed by atoms with Crippen molar-refractivity contribution < 1.29 is 14.7 Å². The van der Waals surface area contributed by atoms with Gasteiger partial charge in [-0.05, 0) is 6.07 Å². The number of rotatable bonds is 2. The summed E-state index contributed by atoms with van der Waals surface area (Å²) < 4.78 is 0. The Kier molecular flexibility index (Phi) is 2.88. The molecule has 4 heteroatoms. The van der Waals surface area contributed by atoms with Crippen LogP contribution in [0.25, 0.3) is 0 Å². The van der Waals surface area contributed by atoms with Gasteiger partial charge in [-0.15, -0.1) is 0 Å². The van der Waals surface area contributed by atoms with Gasteiger partial charge in [0.1, 0.15) is 5.75 Å². The molecule has 0 saturated carbocycles. The van der Waals surface area contributed by atoms with Crippen LogP contribution in [0.15, 0.2) is 24.3 Å². The summed E-state index contributed by atoms with van der Waals surface area (Å²) in [5, 5.41) is 9.63. The summed E-state index contributed by atoms with van der Waals surface area (Å²) in [5.41, 5.74) is 0.593. The van der Waals surface area contributed by atoms with Crippen LogP contribution >= 0.6 is 0 Å². The van der Waals surface area contributed by atoms with Crippen molar-refractivity contribution in [1.82, 2.24) is 4.90 Å². The second kappa shape index (κ2) is 4.20. The van der Waals surface area contributed by atoms with Crippen molar-refractivity contribution in [1.29, 1.82) is 0 Å². The molecule has 17 heavy (non-hydrogen) atoms. The summed E-state index contributed by atoms with van der Waals surface area (Å²) >= 11 is 0. The molecular formula is C13H15NO3. The fourth-order valence-electron chi connectivity index (χ4n) is 2.00. The van der Waals surface area contributed by atoms with Crippen LogP contribution in [0, 0.1) is 11.8 Å². The fraction of sp³-hybridized carbons (Fsp3) is 0.385. The lowest BCUT2D eigenvalue weighted by atomic mass is 10.00. The second-order valence-electron chi connectivity index (χ2n) is 4.47. The van der Waals surface area contributed by atoms with Gasteiger partial charge in [-0.2, -0.15) is 0 Å². The number of hydrogen-bond donors (Lipinski definition) is 1. The molecule has 2 unspecified atom stereocenters. The van der Waals surface area contributed by atoms with Crippen LogP contribution < -0.4 is 0 Å². The predicted octanol–water partition coefficient (Wildman–Crippen LogP) is 1.53. The van der Waals surface area contributed by atoms with Crippen LogP contribution in [0.5, 0.6) is 5.75 Å². The van der Waals surface area contributed by atoms with Crippen LogP contribution in [0.1, 0.15) is 19.4 Å². The molecule has 1 saturated heterocycles. The molecule has 2 rings (SSSR count). The third-order valence-electron chi connectivity index (χ3n) is 3.38.